The van der Waals surface area contributed by atoms with Gasteiger partial charge in [0.05, 0.1) is 0 Å². The minimum atomic E-state index is -1.04. The van der Waals surface area contributed by atoms with Crippen molar-refractivity contribution < 1.29 is 18.4 Å². The average molecular weight is 327 g/mol. The topological polar surface area (TPSA) is 84.2 Å². The molecular formula is C16H23F2N3O2. The number of rotatable bonds is 9. The molecule has 128 valence electrons. The molecule has 1 aromatic carbocycles. The van der Waals surface area contributed by atoms with Crippen molar-refractivity contribution in [2.45, 2.75) is 45.1 Å². The summed E-state index contributed by atoms with van der Waals surface area (Å²) in [6.07, 6.45) is 3.97. The number of carbonyl (C=O) groups is 2. The zero-order chi connectivity index (χ0) is 17.2. The molecule has 0 heterocycles. The first-order chi connectivity index (χ1) is 10.9. The standard InChI is InChI=1S/C16H23F2N3O2/c1-2-3-4-5-6-20-16(23)21-14(15(19)22)9-11-7-12(17)10-13(18)8-11/h7-8,10,14H,2-6,9H2,1H3,(H2,19,22)(H2,20,21,23). The Hall–Kier alpha value is -2.18. The fourth-order valence-corrected chi connectivity index (χ4v) is 2.15. The van der Waals surface area contributed by atoms with E-state index in [1.54, 1.807) is 0 Å². The van der Waals surface area contributed by atoms with Crippen LogP contribution in [0.5, 0.6) is 0 Å². The van der Waals surface area contributed by atoms with Crippen LogP contribution in [-0.4, -0.2) is 24.5 Å². The van der Waals surface area contributed by atoms with E-state index in [1.165, 1.54) is 0 Å². The maximum atomic E-state index is 13.2. The van der Waals surface area contributed by atoms with Crippen LogP contribution in [0, 0.1) is 11.6 Å². The Kier molecular flexibility index (Phi) is 8.01. The fourth-order valence-electron chi connectivity index (χ4n) is 2.15. The van der Waals surface area contributed by atoms with E-state index in [9.17, 15) is 18.4 Å². The van der Waals surface area contributed by atoms with Gasteiger partial charge in [0.15, 0.2) is 0 Å². The van der Waals surface area contributed by atoms with Crippen molar-refractivity contribution in [3.05, 3.63) is 35.4 Å². The molecule has 1 rings (SSSR count). The van der Waals surface area contributed by atoms with Gasteiger partial charge in [-0.25, -0.2) is 13.6 Å². The van der Waals surface area contributed by atoms with Crippen LogP contribution >= 0.6 is 0 Å². The van der Waals surface area contributed by atoms with E-state index in [2.05, 4.69) is 17.6 Å². The Labute approximate surface area is 134 Å². The molecule has 0 saturated heterocycles. The van der Waals surface area contributed by atoms with Gasteiger partial charge < -0.3 is 16.4 Å². The van der Waals surface area contributed by atoms with Gasteiger partial charge >= 0.3 is 6.03 Å². The second-order valence-electron chi connectivity index (χ2n) is 5.40. The van der Waals surface area contributed by atoms with Crippen molar-refractivity contribution in [3.8, 4) is 0 Å². The molecule has 23 heavy (non-hydrogen) atoms. The number of nitrogens with two attached hydrogens (primary N) is 1. The van der Waals surface area contributed by atoms with E-state index in [0.29, 0.717) is 6.54 Å². The lowest BCUT2D eigenvalue weighted by molar-refractivity contribution is -0.119. The maximum Gasteiger partial charge on any atom is 0.315 e. The number of halogens is 2. The molecule has 1 atom stereocenters. The highest BCUT2D eigenvalue weighted by Crippen LogP contribution is 2.10. The molecule has 0 bridgehead atoms. The molecule has 3 amide bonds. The first kappa shape index (κ1) is 18.9. The van der Waals surface area contributed by atoms with Crippen LogP contribution in [0.4, 0.5) is 13.6 Å². The first-order valence-corrected chi connectivity index (χ1v) is 7.71. The summed E-state index contributed by atoms with van der Waals surface area (Å²) in [6.45, 7) is 2.58. The highest BCUT2D eigenvalue weighted by molar-refractivity contribution is 5.86. The number of amides is 3. The number of unbranched alkanes of at least 4 members (excludes halogenated alkanes) is 3. The summed E-state index contributed by atoms with van der Waals surface area (Å²) in [4.78, 5) is 23.2. The van der Waals surface area contributed by atoms with Crippen molar-refractivity contribution in [1.29, 1.82) is 0 Å². The molecule has 0 fully saturated rings. The Morgan fingerprint density at radius 2 is 1.78 bits per heavy atom. The van der Waals surface area contributed by atoms with Crippen LogP contribution in [0.2, 0.25) is 0 Å². The van der Waals surface area contributed by atoms with Gasteiger partial charge in [-0.3, -0.25) is 4.79 Å². The largest absolute Gasteiger partial charge is 0.368 e. The van der Waals surface area contributed by atoms with E-state index < -0.39 is 29.6 Å². The molecule has 0 radical (unpaired) electrons. The number of hydrogen-bond donors (Lipinski definition) is 3. The van der Waals surface area contributed by atoms with Crippen LogP contribution in [0.15, 0.2) is 18.2 Å². The summed E-state index contributed by atoms with van der Waals surface area (Å²) < 4.78 is 26.3. The van der Waals surface area contributed by atoms with Crippen molar-refractivity contribution in [2.75, 3.05) is 6.54 Å². The van der Waals surface area contributed by atoms with Crippen molar-refractivity contribution in [1.82, 2.24) is 10.6 Å². The Balaban J connectivity index is 2.51. The van der Waals surface area contributed by atoms with E-state index >= 15 is 0 Å². The molecule has 4 N–H and O–H groups in total. The smallest absolute Gasteiger partial charge is 0.315 e. The fraction of sp³-hybridized carbons (Fsp3) is 0.500. The Morgan fingerprint density at radius 1 is 1.13 bits per heavy atom. The van der Waals surface area contributed by atoms with Crippen molar-refractivity contribution >= 4 is 11.9 Å². The van der Waals surface area contributed by atoms with Gasteiger partial charge in [-0.2, -0.15) is 0 Å². The third-order valence-corrected chi connectivity index (χ3v) is 3.33. The van der Waals surface area contributed by atoms with E-state index in [0.717, 1.165) is 43.9 Å². The summed E-state index contributed by atoms with van der Waals surface area (Å²) in [5.74, 6) is -2.26. The number of carbonyl (C=O) groups excluding carboxylic acids is 2. The zero-order valence-electron chi connectivity index (χ0n) is 13.2. The van der Waals surface area contributed by atoms with Gasteiger partial charge in [0.1, 0.15) is 17.7 Å². The highest BCUT2D eigenvalue weighted by Gasteiger charge is 2.19. The number of urea groups is 1. The van der Waals surface area contributed by atoms with E-state index in [-0.39, 0.29) is 12.0 Å². The maximum absolute atomic E-state index is 13.2. The normalized spacial score (nSPS) is 11.8. The summed E-state index contributed by atoms with van der Waals surface area (Å²) in [5, 5.41) is 5.05. The SMILES string of the molecule is CCCCCCNC(=O)NC(Cc1cc(F)cc(F)c1)C(N)=O. The quantitative estimate of drug-likeness (QED) is 0.608. The molecule has 7 heteroatoms. The summed E-state index contributed by atoms with van der Waals surface area (Å²) in [6, 6.07) is 1.38. The van der Waals surface area contributed by atoms with Crippen LogP contribution in [0.3, 0.4) is 0 Å². The third kappa shape index (κ3) is 7.58. The molecule has 1 aromatic rings. The molecule has 0 aliphatic carbocycles. The Morgan fingerprint density at radius 3 is 2.35 bits per heavy atom. The number of benzene rings is 1. The molecule has 0 aromatic heterocycles. The van der Waals surface area contributed by atoms with Gasteiger partial charge in [-0.05, 0) is 24.1 Å². The van der Waals surface area contributed by atoms with Crippen molar-refractivity contribution in [3.63, 3.8) is 0 Å². The summed E-state index contributed by atoms with van der Waals surface area (Å²) in [5.41, 5.74) is 5.48. The third-order valence-electron chi connectivity index (χ3n) is 3.33. The number of hydrogen-bond acceptors (Lipinski definition) is 2. The number of nitrogens with one attached hydrogen (secondary N) is 2. The second kappa shape index (κ2) is 9.76. The summed E-state index contributed by atoms with van der Waals surface area (Å²) >= 11 is 0. The van der Waals surface area contributed by atoms with E-state index in [4.69, 9.17) is 5.73 Å². The summed E-state index contributed by atoms with van der Waals surface area (Å²) in [7, 11) is 0. The molecule has 0 aliphatic heterocycles. The van der Waals surface area contributed by atoms with Gasteiger partial charge in [0, 0.05) is 19.0 Å². The van der Waals surface area contributed by atoms with Crippen LogP contribution in [0.1, 0.15) is 38.2 Å². The van der Waals surface area contributed by atoms with Crippen LogP contribution in [0.25, 0.3) is 0 Å². The first-order valence-electron chi connectivity index (χ1n) is 7.71. The van der Waals surface area contributed by atoms with Gasteiger partial charge in [0.25, 0.3) is 0 Å². The second-order valence-corrected chi connectivity index (χ2v) is 5.40. The number of primary amides is 1. The lowest BCUT2D eigenvalue weighted by atomic mass is 10.1. The van der Waals surface area contributed by atoms with Gasteiger partial charge in [-0.15, -0.1) is 0 Å². The van der Waals surface area contributed by atoms with Gasteiger partial charge in [-0.1, -0.05) is 26.2 Å². The average Bonchev–Trinajstić information content (AvgIpc) is 2.45. The molecule has 0 aliphatic rings. The Bertz CT molecular complexity index is 518. The lowest BCUT2D eigenvalue weighted by Gasteiger charge is -2.16. The minimum absolute atomic E-state index is 0.0761. The van der Waals surface area contributed by atoms with Crippen LogP contribution < -0.4 is 16.4 Å². The van der Waals surface area contributed by atoms with Crippen molar-refractivity contribution in [2.24, 2.45) is 5.73 Å². The zero-order valence-corrected chi connectivity index (χ0v) is 13.2. The predicted molar refractivity (Wildman–Crippen MR) is 83.7 cm³/mol. The predicted octanol–water partition coefficient (Wildman–Crippen LogP) is 2.24. The molecule has 0 spiro atoms. The molecule has 5 nitrogen and oxygen atoms in total. The monoisotopic (exact) mass is 327 g/mol. The molecule has 0 saturated carbocycles. The van der Waals surface area contributed by atoms with Gasteiger partial charge in [0.2, 0.25) is 5.91 Å². The molecule has 1 unspecified atom stereocenters. The minimum Gasteiger partial charge on any atom is -0.368 e. The molecular weight excluding hydrogens is 304 g/mol. The lowest BCUT2D eigenvalue weighted by Crippen LogP contribution is -2.49. The van der Waals surface area contributed by atoms with E-state index in [1.807, 2.05) is 0 Å². The van der Waals surface area contributed by atoms with Crippen LogP contribution in [-0.2, 0) is 11.2 Å². The highest BCUT2D eigenvalue weighted by atomic mass is 19.1.